The normalized spacial score (nSPS) is 12.1. The Hall–Kier alpha value is -2.64. The van der Waals surface area contributed by atoms with E-state index in [1.54, 1.807) is 6.92 Å². The van der Waals surface area contributed by atoms with Crippen LogP contribution in [0.3, 0.4) is 0 Å². The van der Waals surface area contributed by atoms with Crippen LogP contribution in [0.15, 0.2) is 21.9 Å². The van der Waals surface area contributed by atoms with Crippen molar-refractivity contribution < 1.29 is 4.79 Å². The molecule has 0 aromatic carbocycles. The van der Waals surface area contributed by atoms with Crippen LogP contribution >= 0.6 is 0 Å². The Morgan fingerprint density at radius 1 is 1.41 bits per heavy atom. The zero-order valence-corrected chi connectivity index (χ0v) is 12.8. The number of aryl methyl sites for hydroxylation is 2. The summed E-state index contributed by atoms with van der Waals surface area (Å²) in [7, 11) is 0. The Morgan fingerprint density at radius 3 is 2.77 bits per heavy atom. The fourth-order valence-corrected chi connectivity index (χ4v) is 2.15. The van der Waals surface area contributed by atoms with Gasteiger partial charge in [0.15, 0.2) is 0 Å². The van der Waals surface area contributed by atoms with Crippen LogP contribution in [0.2, 0.25) is 0 Å². The smallest absolute Gasteiger partial charge is 0.328 e. The molecule has 22 heavy (non-hydrogen) atoms. The van der Waals surface area contributed by atoms with Crippen molar-refractivity contribution in [1.82, 2.24) is 25.1 Å². The van der Waals surface area contributed by atoms with Gasteiger partial charge in [0.05, 0.1) is 5.69 Å². The first-order valence-corrected chi connectivity index (χ1v) is 6.96. The van der Waals surface area contributed by atoms with Gasteiger partial charge in [-0.1, -0.05) is 0 Å². The second-order valence-corrected chi connectivity index (χ2v) is 5.41. The molecule has 0 aliphatic heterocycles. The lowest BCUT2D eigenvalue weighted by molar-refractivity contribution is -0.122. The van der Waals surface area contributed by atoms with Crippen molar-refractivity contribution in [1.29, 1.82) is 0 Å². The number of amides is 1. The van der Waals surface area contributed by atoms with Crippen LogP contribution in [0.1, 0.15) is 23.9 Å². The summed E-state index contributed by atoms with van der Waals surface area (Å²) in [6.07, 6.45) is 1.97. The zero-order chi connectivity index (χ0) is 16.3. The molecule has 0 radical (unpaired) electrons. The van der Waals surface area contributed by atoms with Crippen LogP contribution in [0.5, 0.6) is 0 Å². The van der Waals surface area contributed by atoms with Gasteiger partial charge in [-0.05, 0) is 26.8 Å². The molecule has 2 heterocycles. The molecule has 0 aliphatic carbocycles. The van der Waals surface area contributed by atoms with Gasteiger partial charge in [0.2, 0.25) is 5.91 Å². The standard InChI is InChI=1S/C14H19N5O3/c1-8-6-19(14(22)16-13(8)21)7-12(20)15-9(2)4-11-5-10(3)17-18-11/h5-6,9H,4,7H2,1-3H3,(H,15,20)(H,17,18)(H,16,21,22)/t9-/m0/s1. The van der Waals surface area contributed by atoms with E-state index in [4.69, 9.17) is 0 Å². The van der Waals surface area contributed by atoms with Gasteiger partial charge < -0.3 is 5.32 Å². The summed E-state index contributed by atoms with van der Waals surface area (Å²) < 4.78 is 1.18. The summed E-state index contributed by atoms with van der Waals surface area (Å²) >= 11 is 0. The molecule has 0 saturated carbocycles. The number of hydrogen-bond acceptors (Lipinski definition) is 4. The van der Waals surface area contributed by atoms with Gasteiger partial charge in [0.25, 0.3) is 5.56 Å². The molecule has 118 valence electrons. The minimum Gasteiger partial charge on any atom is -0.352 e. The number of rotatable bonds is 5. The average Bonchev–Trinajstić information content (AvgIpc) is 2.81. The van der Waals surface area contributed by atoms with Crippen molar-refractivity contribution in [2.45, 2.75) is 39.8 Å². The van der Waals surface area contributed by atoms with E-state index in [1.165, 1.54) is 10.8 Å². The van der Waals surface area contributed by atoms with Crippen LogP contribution in [-0.2, 0) is 17.8 Å². The fraction of sp³-hybridized carbons (Fsp3) is 0.429. The van der Waals surface area contributed by atoms with Gasteiger partial charge in [-0.15, -0.1) is 0 Å². The highest BCUT2D eigenvalue weighted by Gasteiger charge is 2.11. The Bertz CT molecular complexity index is 786. The molecule has 3 N–H and O–H groups in total. The van der Waals surface area contributed by atoms with Crippen molar-refractivity contribution in [3.63, 3.8) is 0 Å². The van der Waals surface area contributed by atoms with E-state index in [0.29, 0.717) is 12.0 Å². The molecule has 0 bridgehead atoms. The van der Waals surface area contributed by atoms with Gasteiger partial charge in [0, 0.05) is 29.9 Å². The Morgan fingerprint density at radius 2 is 2.14 bits per heavy atom. The maximum atomic E-state index is 12.0. The number of H-pyrrole nitrogens is 2. The Kier molecular flexibility index (Phi) is 4.59. The van der Waals surface area contributed by atoms with Crippen molar-refractivity contribution in [3.05, 3.63) is 50.1 Å². The largest absolute Gasteiger partial charge is 0.352 e. The summed E-state index contributed by atoms with van der Waals surface area (Å²) in [5.41, 5.74) is 1.17. The van der Waals surface area contributed by atoms with Crippen LogP contribution in [0, 0.1) is 13.8 Å². The summed E-state index contributed by atoms with van der Waals surface area (Å²) in [5.74, 6) is -0.298. The van der Waals surface area contributed by atoms with E-state index >= 15 is 0 Å². The predicted octanol–water partition coefficient (Wildman–Crippen LogP) is -0.376. The molecule has 2 rings (SSSR count). The number of carbonyl (C=O) groups excluding carboxylic acids is 1. The molecule has 1 atom stereocenters. The summed E-state index contributed by atoms with van der Waals surface area (Å²) in [5, 5.41) is 9.76. The van der Waals surface area contributed by atoms with Crippen molar-refractivity contribution in [2.75, 3.05) is 0 Å². The first-order valence-electron chi connectivity index (χ1n) is 6.96. The number of carbonyl (C=O) groups is 1. The monoisotopic (exact) mass is 305 g/mol. The number of aromatic nitrogens is 4. The lowest BCUT2D eigenvalue weighted by atomic mass is 10.2. The van der Waals surface area contributed by atoms with E-state index < -0.39 is 11.2 Å². The minimum atomic E-state index is -0.596. The SMILES string of the molecule is Cc1cc(C[C@H](C)NC(=O)Cn2cc(C)c(=O)[nH]c2=O)n[nH]1. The Labute approximate surface area is 126 Å². The number of hydrogen-bond donors (Lipinski definition) is 3. The molecular formula is C14H19N5O3. The molecule has 2 aromatic rings. The van der Waals surface area contributed by atoms with Crippen molar-refractivity contribution in [2.24, 2.45) is 0 Å². The summed E-state index contributed by atoms with van der Waals surface area (Å²) in [6.45, 7) is 5.21. The number of nitrogens with one attached hydrogen (secondary N) is 3. The number of aromatic amines is 2. The minimum absolute atomic E-state index is 0.116. The molecule has 2 aromatic heterocycles. The molecule has 0 fully saturated rings. The number of nitrogens with zero attached hydrogens (tertiary/aromatic N) is 2. The van der Waals surface area contributed by atoms with Crippen molar-refractivity contribution >= 4 is 5.91 Å². The first kappa shape index (κ1) is 15.7. The first-order chi connectivity index (χ1) is 10.3. The highest BCUT2D eigenvalue weighted by Crippen LogP contribution is 2.01. The van der Waals surface area contributed by atoms with Crippen LogP contribution < -0.4 is 16.6 Å². The average molecular weight is 305 g/mol. The van der Waals surface area contributed by atoms with E-state index in [2.05, 4.69) is 20.5 Å². The molecule has 8 heteroatoms. The van der Waals surface area contributed by atoms with Gasteiger partial charge in [-0.2, -0.15) is 5.10 Å². The molecule has 1 amide bonds. The zero-order valence-electron chi connectivity index (χ0n) is 12.8. The van der Waals surface area contributed by atoms with E-state index in [9.17, 15) is 14.4 Å². The summed E-state index contributed by atoms with van der Waals surface area (Å²) in [4.78, 5) is 37.0. The maximum absolute atomic E-state index is 12.0. The third kappa shape index (κ3) is 3.94. The quantitative estimate of drug-likeness (QED) is 0.699. The van der Waals surface area contributed by atoms with Gasteiger partial charge in [-0.3, -0.25) is 24.2 Å². The highest BCUT2D eigenvalue weighted by atomic mass is 16.2. The van der Waals surface area contributed by atoms with Crippen LogP contribution in [0.25, 0.3) is 0 Å². The van der Waals surface area contributed by atoms with Crippen molar-refractivity contribution in [3.8, 4) is 0 Å². The fourth-order valence-electron chi connectivity index (χ4n) is 2.15. The van der Waals surface area contributed by atoms with Crippen LogP contribution in [0.4, 0.5) is 0 Å². The third-order valence-corrected chi connectivity index (χ3v) is 3.18. The van der Waals surface area contributed by atoms with Crippen LogP contribution in [-0.4, -0.2) is 31.7 Å². The van der Waals surface area contributed by atoms with Gasteiger partial charge in [-0.25, -0.2) is 4.79 Å². The van der Waals surface area contributed by atoms with E-state index in [-0.39, 0.29) is 18.5 Å². The molecule has 8 nitrogen and oxygen atoms in total. The second-order valence-electron chi connectivity index (χ2n) is 5.41. The lowest BCUT2D eigenvalue weighted by Gasteiger charge is -2.13. The van der Waals surface area contributed by atoms with E-state index in [1.807, 2.05) is 19.9 Å². The molecule has 0 saturated heterocycles. The maximum Gasteiger partial charge on any atom is 0.328 e. The topological polar surface area (TPSA) is 113 Å². The van der Waals surface area contributed by atoms with E-state index in [0.717, 1.165) is 11.4 Å². The summed E-state index contributed by atoms with van der Waals surface area (Å²) in [6, 6.07) is 1.80. The molecule has 0 aliphatic rings. The lowest BCUT2D eigenvalue weighted by Crippen LogP contribution is -2.40. The molecule has 0 spiro atoms. The second kappa shape index (κ2) is 6.42. The third-order valence-electron chi connectivity index (χ3n) is 3.18. The Balaban J connectivity index is 1.96. The predicted molar refractivity (Wildman–Crippen MR) is 80.7 cm³/mol. The van der Waals surface area contributed by atoms with Gasteiger partial charge >= 0.3 is 5.69 Å². The van der Waals surface area contributed by atoms with Gasteiger partial charge in [0.1, 0.15) is 6.54 Å². The molecule has 0 unspecified atom stereocenters. The molecular weight excluding hydrogens is 286 g/mol. The highest BCUT2D eigenvalue weighted by molar-refractivity contribution is 5.76.